The minimum absolute atomic E-state index is 0.0303. The number of hydrogen-bond donors (Lipinski definition) is 1. The zero-order chi connectivity index (χ0) is 13.8. The molecule has 2 unspecified atom stereocenters. The highest BCUT2D eigenvalue weighted by Crippen LogP contribution is 2.41. The van der Waals surface area contributed by atoms with Gasteiger partial charge in [-0.25, -0.2) is 0 Å². The summed E-state index contributed by atoms with van der Waals surface area (Å²) in [5, 5.41) is 3.30. The van der Waals surface area contributed by atoms with Crippen LogP contribution in [0.15, 0.2) is 0 Å². The van der Waals surface area contributed by atoms with E-state index in [4.69, 9.17) is 9.47 Å². The standard InChI is InChI=1S/C16H27NO3/c18-15(10-14-12-17-7-9-19-14)13-4-8-20-16(11-13)5-2-1-3-6-16/h13-14,17H,1-12H2. The minimum atomic E-state index is 0.0303. The number of ketones is 1. The number of carbonyl (C=O) groups is 1. The fourth-order valence-electron chi connectivity index (χ4n) is 3.99. The molecule has 2 saturated heterocycles. The smallest absolute Gasteiger partial charge is 0.138 e. The van der Waals surface area contributed by atoms with Gasteiger partial charge in [-0.2, -0.15) is 0 Å². The Kier molecular flexibility index (Phi) is 4.74. The number of ether oxygens (including phenoxy) is 2. The van der Waals surface area contributed by atoms with Gasteiger partial charge in [0.25, 0.3) is 0 Å². The maximum absolute atomic E-state index is 12.5. The molecule has 0 radical (unpaired) electrons. The number of rotatable bonds is 3. The monoisotopic (exact) mass is 281 g/mol. The van der Waals surface area contributed by atoms with Crippen LogP contribution in [0.4, 0.5) is 0 Å². The molecule has 114 valence electrons. The Hall–Kier alpha value is -0.450. The van der Waals surface area contributed by atoms with Crippen molar-refractivity contribution in [1.29, 1.82) is 0 Å². The molecule has 1 spiro atoms. The fraction of sp³-hybridized carbons (Fsp3) is 0.938. The van der Waals surface area contributed by atoms with Gasteiger partial charge in [-0.3, -0.25) is 4.79 Å². The van der Waals surface area contributed by atoms with E-state index in [2.05, 4.69) is 5.32 Å². The molecule has 0 amide bonds. The van der Waals surface area contributed by atoms with Crippen LogP contribution in [-0.4, -0.2) is 43.8 Å². The van der Waals surface area contributed by atoms with E-state index in [-0.39, 0.29) is 17.6 Å². The van der Waals surface area contributed by atoms with Crippen LogP contribution in [0.5, 0.6) is 0 Å². The molecular weight excluding hydrogens is 254 g/mol. The van der Waals surface area contributed by atoms with Crippen LogP contribution in [0.2, 0.25) is 0 Å². The van der Waals surface area contributed by atoms with Crippen molar-refractivity contribution in [2.24, 2.45) is 5.92 Å². The third-order valence-corrected chi connectivity index (χ3v) is 5.15. The highest BCUT2D eigenvalue weighted by atomic mass is 16.5. The van der Waals surface area contributed by atoms with Crippen molar-refractivity contribution in [3.63, 3.8) is 0 Å². The molecular formula is C16H27NO3. The number of carbonyl (C=O) groups excluding carboxylic acids is 1. The number of morpholine rings is 1. The van der Waals surface area contributed by atoms with Crippen molar-refractivity contribution in [3.05, 3.63) is 0 Å². The molecule has 4 heteroatoms. The zero-order valence-corrected chi connectivity index (χ0v) is 12.4. The second-order valence-corrected chi connectivity index (χ2v) is 6.65. The lowest BCUT2D eigenvalue weighted by Crippen LogP contribution is -2.45. The van der Waals surface area contributed by atoms with E-state index in [9.17, 15) is 4.79 Å². The van der Waals surface area contributed by atoms with Crippen molar-refractivity contribution >= 4 is 5.78 Å². The van der Waals surface area contributed by atoms with Crippen LogP contribution in [0.1, 0.15) is 51.4 Å². The van der Waals surface area contributed by atoms with E-state index in [1.54, 1.807) is 0 Å². The lowest BCUT2D eigenvalue weighted by molar-refractivity contribution is -0.145. The summed E-state index contributed by atoms with van der Waals surface area (Å²) in [5.74, 6) is 0.597. The predicted octanol–water partition coefficient (Wildman–Crippen LogP) is 2.06. The third kappa shape index (κ3) is 3.41. The summed E-state index contributed by atoms with van der Waals surface area (Å²) in [5.41, 5.74) is 0.0303. The average Bonchev–Trinajstić information content (AvgIpc) is 2.49. The highest BCUT2D eigenvalue weighted by Gasteiger charge is 2.40. The maximum atomic E-state index is 12.5. The quantitative estimate of drug-likeness (QED) is 0.860. The SMILES string of the molecule is O=C(CC1CNCCO1)C1CCOC2(CCCCC2)C1. The lowest BCUT2D eigenvalue weighted by atomic mass is 9.74. The second-order valence-electron chi connectivity index (χ2n) is 6.65. The molecule has 20 heavy (non-hydrogen) atoms. The molecule has 4 nitrogen and oxygen atoms in total. The number of Topliss-reactive ketones (excluding diaryl/α,β-unsaturated/α-hetero) is 1. The van der Waals surface area contributed by atoms with Crippen molar-refractivity contribution in [1.82, 2.24) is 5.32 Å². The van der Waals surface area contributed by atoms with Crippen molar-refractivity contribution in [2.75, 3.05) is 26.3 Å². The van der Waals surface area contributed by atoms with Crippen LogP contribution in [-0.2, 0) is 14.3 Å². The van der Waals surface area contributed by atoms with Gasteiger partial charge in [-0.15, -0.1) is 0 Å². The van der Waals surface area contributed by atoms with Gasteiger partial charge in [0, 0.05) is 32.0 Å². The van der Waals surface area contributed by atoms with E-state index in [0.29, 0.717) is 12.2 Å². The molecule has 0 aromatic rings. The molecule has 3 aliphatic rings. The first-order valence-corrected chi connectivity index (χ1v) is 8.26. The van der Waals surface area contributed by atoms with Gasteiger partial charge in [0.1, 0.15) is 5.78 Å². The summed E-state index contributed by atoms with van der Waals surface area (Å²) in [4.78, 5) is 12.5. The normalized spacial score (nSPS) is 34.0. The van der Waals surface area contributed by atoms with Gasteiger partial charge in [0.15, 0.2) is 0 Å². The summed E-state index contributed by atoms with van der Waals surface area (Å²) in [6, 6.07) is 0. The summed E-state index contributed by atoms with van der Waals surface area (Å²) < 4.78 is 11.7. The topological polar surface area (TPSA) is 47.6 Å². The van der Waals surface area contributed by atoms with Gasteiger partial charge in [0.2, 0.25) is 0 Å². The largest absolute Gasteiger partial charge is 0.375 e. The Labute approximate surface area is 121 Å². The molecule has 1 saturated carbocycles. The molecule has 2 aliphatic heterocycles. The molecule has 0 aromatic carbocycles. The number of nitrogens with one attached hydrogen (secondary N) is 1. The van der Waals surface area contributed by atoms with E-state index in [1.165, 1.54) is 19.3 Å². The minimum Gasteiger partial charge on any atom is -0.375 e. The first kappa shape index (κ1) is 14.5. The van der Waals surface area contributed by atoms with Crippen molar-refractivity contribution in [2.45, 2.75) is 63.1 Å². The van der Waals surface area contributed by atoms with Crippen LogP contribution in [0.25, 0.3) is 0 Å². The van der Waals surface area contributed by atoms with Gasteiger partial charge >= 0.3 is 0 Å². The predicted molar refractivity (Wildman–Crippen MR) is 76.7 cm³/mol. The molecule has 2 heterocycles. The summed E-state index contributed by atoms with van der Waals surface area (Å²) in [7, 11) is 0. The molecule has 0 bridgehead atoms. The number of hydrogen-bond acceptors (Lipinski definition) is 4. The first-order valence-electron chi connectivity index (χ1n) is 8.26. The van der Waals surface area contributed by atoms with Crippen molar-refractivity contribution in [3.8, 4) is 0 Å². The fourth-order valence-corrected chi connectivity index (χ4v) is 3.99. The third-order valence-electron chi connectivity index (χ3n) is 5.15. The Morgan fingerprint density at radius 3 is 2.80 bits per heavy atom. The maximum Gasteiger partial charge on any atom is 0.138 e. The Balaban J connectivity index is 1.54. The zero-order valence-electron chi connectivity index (χ0n) is 12.4. The van der Waals surface area contributed by atoms with E-state index in [1.807, 2.05) is 0 Å². The van der Waals surface area contributed by atoms with Crippen LogP contribution < -0.4 is 5.32 Å². The Morgan fingerprint density at radius 1 is 1.20 bits per heavy atom. The lowest BCUT2D eigenvalue weighted by Gasteiger charge is -2.43. The van der Waals surface area contributed by atoms with E-state index < -0.39 is 0 Å². The van der Waals surface area contributed by atoms with Crippen LogP contribution in [0, 0.1) is 5.92 Å². The highest BCUT2D eigenvalue weighted by molar-refractivity contribution is 5.81. The van der Waals surface area contributed by atoms with Gasteiger partial charge in [-0.1, -0.05) is 19.3 Å². The Morgan fingerprint density at radius 2 is 2.05 bits per heavy atom. The molecule has 2 atom stereocenters. The van der Waals surface area contributed by atoms with Crippen LogP contribution >= 0.6 is 0 Å². The van der Waals surface area contributed by atoms with Gasteiger partial charge in [-0.05, 0) is 25.7 Å². The van der Waals surface area contributed by atoms with Crippen LogP contribution in [0.3, 0.4) is 0 Å². The summed E-state index contributed by atoms with van der Waals surface area (Å²) in [6.45, 7) is 3.22. The van der Waals surface area contributed by atoms with E-state index >= 15 is 0 Å². The van der Waals surface area contributed by atoms with Gasteiger partial charge < -0.3 is 14.8 Å². The average molecular weight is 281 g/mol. The summed E-state index contributed by atoms with van der Waals surface area (Å²) in [6.07, 6.45) is 8.66. The van der Waals surface area contributed by atoms with E-state index in [0.717, 1.165) is 52.0 Å². The summed E-state index contributed by atoms with van der Waals surface area (Å²) >= 11 is 0. The molecule has 1 N–H and O–H groups in total. The van der Waals surface area contributed by atoms with Gasteiger partial charge in [0.05, 0.1) is 18.3 Å². The molecule has 1 aliphatic carbocycles. The second kappa shape index (κ2) is 6.54. The molecule has 0 aromatic heterocycles. The van der Waals surface area contributed by atoms with Crippen molar-refractivity contribution < 1.29 is 14.3 Å². The first-order chi connectivity index (χ1) is 9.77. The molecule has 3 rings (SSSR count). The molecule has 3 fully saturated rings. The Bertz CT molecular complexity index is 327.